The minimum atomic E-state index is -0.525. The van der Waals surface area contributed by atoms with Gasteiger partial charge in [-0.3, -0.25) is 14.6 Å². The van der Waals surface area contributed by atoms with Crippen molar-refractivity contribution >= 4 is 11.7 Å². The molecule has 5 nitrogen and oxygen atoms in total. The Morgan fingerprint density at radius 3 is 2.56 bits per heavy atom. The van der Waals surface area contributed by atoms with E-state index in [-0.39, 0.29) is 24.2 Å². The summed E-state index contributed by atoms with van der Waals surface area (Å²) in [5.41, 5.74) is 6.79. The normalized spacial score (nSPS) is 13.3. The summed E-state index contributed by atoms with van der Waals surface area (Å²) >= 11 is 0. The zero-order valence-electron chi connectivity index (χ0n) is 15.9. The van der Waals surface area contributed by atoms with Gasteiger partial charge in [-0.25, -0.2) is 0 Å². The Hall–Kier alpha value is -1.75. The van der Waals surface area contributed by atoms with Crippen molar-refractivity contribution in [1.29, 1.82) is 0 Å². The Bertz CT molecular complexity index is 545. The van der Waals surface area contributed by atoms with Crippen LogP contribution in [0.15, 0.2) is 18.3 Å². The van der Waals surface area contributed by atoms with Crippen LogP contribution in [0.5, 0.6) is 0 Å². The summed E-state index contributed by atoms with van der Waals surface area (Å²) in [6.45, 7) is 6.39. The number of hydrogen-bond donors (Lipinski definition) is 2. The van der Waals surface area contributed by atoms with Gasteiger partial charge in [-0.1, -0.05) is 52.9 Å². The highest BCUT2D eigenvalue weighted by Gasteiger charge is 2.28. The van der Waals surface area contributed by atoms with E-state index in [1.165, 1.54) is 12.8 Å². The van der Waals surface area contributed by atoms with Crippen LogP contribution in [-0.2, 0) is 11.3 Å². The van der Waals surface area contributed by atoms with Crippen molar-refractivity contribution < 1.29 is 9.59 Å². The monoisotopic (exact) mass is 347 g/mol. The number of pyridine rings is 1. The number of carbonyl (C=O) groups is 2. The van der Waals surface area contributed by atoms with Gasteiger partial charge in [0.15, 0.2) is 5.78 Å². The van der Waals surface area contributed by atoms with E-state index in [4.69, 9.17) is 5.73 Å². The van der Waals surface area contributed by atoms with Crippen molar-refractivity contribution in [3.63, 3.8) is 0 Å². The van der Waals surface area contributed by atoms with Crippen LogP contribution in [-0.4, -0.2) is 22.7 Å². The van der Waals surface area contributed by atoms with E-state index in [0.717, 1.165) is 25.7 Å². The fourth-order valence-corrected chi connectivity index (χ4v) is 2.83. The molecule has 5 heteroatoms. The molecule has 25 heavy (non-hydrogen) atoms. The highest BCUT2D eigenvalue weighted by atomic mass is 16.2. The summed E-state index contributed by atoms with van der Waals surface area (Å²) in [7, 11) is 0. The maximum Gasteiger partial charge on any atom is 0.220 e. The number of Topliss-reactive ketones (excluding diaryl/α,β-unsaturated/α-hetero) is 1. The molecule has 0 radical (unpaired) electrons. The minimum Gasteiger partial charge on any atom is -0.346 e. The van der Waals surface area contributed by atoms with Crippen LogP contribution in [0.3, 0.4) is 0 Å². The van der Waals surface area contributed by atoms with E-state index in [1.54, 1.807) is 18.3 Å². The second kappa shape index (κ2) is 11.7. The van der Waals surface area contributed by atoms with Crippen molar-refractivity contribution in [2.24, 2.45) is 11.7 Å². The molecular weight excluding hydrogens is 314 g/mol. The van der Waals surface area contributed by atoms with Crippen LogP contribution in [0.4, 0.5) is 0 Å². The fraction of sp³-hybridized carbons (Fsp3) is 0.650. The number of ketones is 1. The first-order chi connectivity index (χ1) is 12.0. The summed E-state index contributed by atoms with van der Waals surface area (Å²) in [4.78, 5) is 29.4. The molecule has 1 amide bonds. The molecule has 3 N–H and O–H groups in total. The van der Waals surface area contributed by atoms with Crippen LogP contribution < -0.4 is 11.1 Å². The van der Waals surface area contributed by atoms with Gasteiger partial charge in [-0.15, -0.1) is 0 Å². The Morgan fingerprint density at radius 1 is 1.20 bits per heavy atom. The number of nitrogens with one attached hydrogen (secondary N) is 1. The van der Waals surface area contributed by atoms with Crippen LogP contribution in [0.2, 0.25) is 0 Å². The van der Waals surface area contributed by atoms with E-state index >= 15 is 0 Å². The predicted molar refractivity (Wildman–Crippen MR) is 101 cm³/mol. The second-order valence-corrected chi connectivity index (χ2v) is 6.66. The highest BCUT2D eigenvalue weighted by molar-refractivity contribution is 6.02. The number of nitrogens with two attached hydrogens (primary N) is 1. The molecule has 140 valence electrons. The number of nitrogens with zero attached hydrogens (tertiary/aromatic N) is 1. The molecule has 0 aromatic carbocycles. The maximum atomic E-state index is 13.0. The standard InChI is InChI=1S/C20H33N3O2/c1-4-6-7-8-9-12-18(24)23-19(15(3)5-2)20(25)16-11-10-13-22-17(16)14-21/h10-11,13,15,19H,4-9,12,14,21H2,1-3H3,(H,23,24)/t15-,19-/m0/s1. The summed E-state index contributed by atoms with van der Waals surface area (Å²) < 4.78 is 0. The molecular formula is C20H33N3O2. The number of hydrogen-bond acceptors (Lipinski definition) is 4. The molecule has 0 saturated carbocycles. The van der Waals surface area contributed by atoms with Crippen molar-refractivity contribution in [2.75, 3.05) is 0 Å². The first-order valence-corrected chi connectivity index (χ1v) is 9.52. The number of rotatable bonds is 12. The SMILES string of the molecule is CCCCCCCC(=O)N[C@H](C(=O)c1cccnc1CN)[C@@H](C)CC. The molecule has 1 heterocycles. The Labute approximate surface area is 151 Å². The van der Waals surface area contributed by atoms with Gasteiger partial charge in [0.2, 0.25) is 5.91 Å². The van der Waals surface area contributed by atoms with Gasteiger partial charge in [-0.05, 0) is 24.5 Å². The van der Waals surface area contributed by atoms with Gasteiger partial charge in [-0.2, -0.15) is 0 Å². The van der Waals surface area contributed by atoms with Crippen LogP contribution in [0, 0.1) is 5.92 Å². The van der Waals surface area contributed by atoms with Crippen molar-refractivity contribution in [3.05, 3.63) is 29.6 Å². The van der Waals surface area contributed by atoms with E-state index < -0.39 is 6.04 Å². The molecule has 0 spiro atoms. The van der Waals surface area contributed by atoms with Crippen LogP contribution in [0.1, 0.15) is 81.8 Å². The van der Waals surface area contributed by atoms with Gasteiger partial charge in [0.25, 0.3) is 0 Å². The van der Waals surface area contributed by atoms with Gasteiger partial charge in [0, 0.05) is 24.7 Å². The third-order valence-corrected chi connectivity index (χ3v) is 4.67. The van der Waals surface area contributed by atoms with Crippen LogP contribution in [0.25, 0.3) is 0 Å². The molecule has 0 aliphatic heterocycles. The summed E-state index contributed by atoms with van der Waals surface area (Å²) in [6, 6.07) is 2.95. The molecule has 0 unspecified atom stereocenters. The third-order valence-electron chi connectivity index (χ3n) is 4.67. The van der Waals surface area contributed by atoms with Gasteiger partial charge in [0.1, 0.15) is 0 Å². The third kappa shape index (κ3) is 6.94. The van der Waals surface area contributed by atoms with Gasteiger partial charge >= 0.3 is 0 Å². The van der Waals surface area contributed by atoms with E-state index in [2.05, 4.69) is 17.2 Å². The zero-order chi connectivity index (χ0) is 18.7. The lowest BCUT2D eigenvalue weighted by Gasteiger charge is -2.24. The molecule has 0 saturated heterocycles. The van der Waals surface area contributed by atoms with Crippen molar-refractivity contribution in [1.82, 2.24) is 10.3 Å². The second-order valence-electron chi connectivity index (χ2n) is 6.66. The van der Waals surface area contributed by atoms with Gasteiger partial charge in [0.05, 0.1) is 11.7 Å². The largest absolute Gasteiger partial charge is 0.346 e. The quantitative estimate of drug-likeness (QED) is 0.447. The number of aromatic nitrogens is 1. The van der Waals surface area contributed by atoms with Crippen molar-refractivity contribution in [2.45, 2.75) is 78.3 Å². The van der Waals surface area contributed by atoms with E-state index in [0.29, 0.717) is 17.7 Å². The predicted octanol–water partition coefficient (Wildman–Crippen LogP) is 3.61. The summed E-state index contributed by atoms with van der Waals surface area (Å²) in [6.07, 6.45) is 8.40. The lowest BCUT2D eigenvalue weighted by molar-refractivity contribution is -0.122. The molecule has 2 atom stereocenters. The van der Waals surface area contributed by atoms with E-state index in [9.17, 15) is 9.59 Å². The zero-order valence-corrected chi connectivity index (χ0v) is 15.9. The summed E-state index contributed by atoms with van der Waals surface area (Å²) in [5.74, 6) is -0.0852. The number of unbranched alkanes of at least 4 members (excludes halogenated alkanes) is 4. The molecule has 1 aromatic heterocycles. The van der Waals surface area contributed by atoms with E-state index in [1.807, 2.05) is 13.8 Å². The molecule has 0 fully saturated rings. The number of amides is 1. The summed E-state index contributed by atoms with van der Waals surface area (Å²) in [5, 5.41) is 2.95. The van der Waals surface area contributed by atoms with Crippen molar-refractivity contribution in [3.8, 4) is 0 Å². The molecule has 0 aliphatic carbocycles. The molecule has 1 aromatic rings. The average Bonchev–Trinajstić information content (AvgIpc) is 2.64. The minimum absolute atomic E-state index is 0.0478. The molecule has 1 rings (SSSR count). The number of carbonyl (C=O) groups excluding carboxylic acids is 2. The Balaban J connectivity index is 2.74. The lowest BCUT2D eigenvalue weighted by atomic mass is 9.91. The first kappa shape index (κ1) is 21.3. The first-order valence-electron chi connectivity index (χ1n) is 9.52. The Morgan fingerprint density at radius 2 is 1.92 bits per heavy atom. The fourth-order valence-electron chi connectivity index (χ4n) is 2.83. The maximum absolute atomic E-state index is 13.0. The Kier molecular flexibility index (Phi) is 10.0. The van der Waals surface area contributed by atoms with Crippen LogP contribution >= 0.6 is 0 Å². The van der Waals surface area contributed by atoms with Gasteiger partial charge < -0.3 is 11.1 Å². The molecule has 0 aliphatic rings. The average molecular weight is 348 g/mol. The molecule has 0 bridgehead atoms. The smallest absolute Gasteiger partial charge is 0.220 e. The highest BCUT2D eigenvalue weighted by Crippen LogP contribution is 2.16. The lowest BCUT2D eigenvalue weighted by Crippen LogP contribution is -2.45. The topological polar surface area (TPSA) is 85.1 Å².